The molecule has 0 aliphatic heterocycles. The number of nitrogens with zero attached hydrogens (tertiary/aromatic N) is 1. The maximum atomic E-state index is 10.7. The summed E-state index contributed by atoms with van der Waals surface area (Å²) in [7, 11) is 3.07. The van der Waals surface area contributed by atoms with Gasteiger partial charge in [-0.25, -0.2) is 0 Å². The summed E-state index contributed by atoms with van der Waals surface area (Å²) in [6.45, 7) is 4.34. The van der Waals surface area contributed by atoms with Crippen molar-refractivity contribution in [2.75, 3.05) is 20.8 Å². The summed E-state index contributed by atoms with van der Waals surface area (Å²) >= 11 is 0. The quantitative estimate of drug-likeness (QED) is 0.166. The van der Waals surface area contributed by atoms with Gasteiger partial charge in [-0.2, -0.15) is 0 Å². The summed E-state index contributed by atoms with van der Waals surface area (Å²) in [5, 5.41) is 10.7. The van der Waals surface area contributed by atoms with Crippen molar-refractivity contribution in [1.29, 1.82) is 0 Å². The van der Waals surface area contributed by atoms with Gasteiger partial charge in [0, 0.05) is 17.7 Å². The van der Waals surface area contributed by atoms with Gasteiger partial charge in [-0.15, -0.1) is 6.58 Å². The van der Waals surface area contributed by atoms with Gasteiger partial charge in [-0.05, 0) is 42.2 Å². The molecule has 6 nitrogen and oxygen atoms in total. The first-order chi connectivity index (χ1) is 14.1. The first kappa shape index (κ1) is 21.8. The van der Waals surface area contributed by atoms with Crippen molar-refractivity contribution < 1.29 is 19.1 Å². The molecule has 0 saturated carbocycles. The highest BCUT2D eigenvalue weighted by molar-refractivity contribution is 5.78. The summed E-state index contributed by atoms with van der Waals surface area (Å²) in [6.07, 6.45) is 9.82. The second kappa shape index (κ2) is 11.3. The van der Waals surface area contributed by atoms with E-state index in [9.17, 15) is 10.1 Å². The van der Waals surface area contributed by atoms with Crippen LogP contribution in [0.2, 0.25) is 0 Å². The number of ether oxygens (including phenoxy) is 3. The molecule has 0 atom stereocenters. The molecule has 0 aliphatic carbocycles. The summed E-state index contributed by atoms with van der Waals surface area (Å²) in [5.41, 5.74) is 2.31. The van der Waals surface area contributed by atoms with Crippen molar-refractivity contribution >= 4 is 18.2 Å². The molecule has 2 aromatic carbocycles. The van der Waals surface area contributed by atoms with Crippen molar-refractivity contribution in [2.45, 2.75) is 12.8 Å². The van der Waals surface area contributed by atoms with Crippen LogP contribution < -0.4 is 14.2 Å². The van der Waals surface area contributed by atoms with Crippen LogP contribution in [-0.4, -0.2) is 25.7 Å². The Morgan fingerprint density at radius 3 is 2.41 bits per heavy atom. The standard InChI is InChI=1S/C23H25NO5/c1-4-5-6-15-29-20-11-8-18(9-12-20)7-10-19-16-21(27-2)17-23(28-3)22(19)13-14-24(25)26/h4,7-14,16-17H,1,5-6,15H2,2-3H3/b10-7+,14-13+. The molecule has 0 fully saturated rings. The number of hydrogen-bond acceptors (Lipinski definition) is 5. The molecule has 0 aromatic heterocycles. The van der Waals surface area contributed by atoms with Crippen LogP contribution in [0.4, 0.5) is 0 Å². The van der Waals surface area contributed by atoms with E-state index < -0.39 is 4.92 Å². The van der Waals surface area contributed by atoms with Crippen LogP contribution in [-0.2, 0) is 0 Å². The molecule has 0 radical (unpaired) electrons. The maximum Gasteiger partial charge on any atom is 0.235 e. The molecular weight excluding hydrogens is 370 g/mol. The average molecular weight is 395 g/mol. The predicted octanol–water partition coefficient (Wildman–Crippen LogP) is 5.47. The van der Waals surface area contributed by atoms with Gasteiger partial charge in [0.25, 0.3) is 0 Å². The smallest absolute Gasteiger partial charge is 0.235 e. The monoisotopic (exact) mass is 395 g/mol. The number of nitro groups is 1. The molecule has 2 aromatic rings. The minimum absolute atomic E-state index is 0.491. The van der Waals surface area contributed by atoms with Gasteiger partial charge in [-0.3, -0.25) is 10.1 Å². The predicted molar refractivity (Wildman–Crippen MR) is 116 cm³/mol. The Morgan fingerprint density at radius 1 is 1.03 bits per heavy atom. The lowest BCUT2D eigenvalue weighted by molar-refractivity contribution is -0.400. The topological polar surface area (TPSA) is 70.8 Å². The molecule has 0 heterocycles. The van der Waals surface area contributed by atoms with E-state index in [1.54, 1.807) is 19.2 Å². The van der Waals surface area contributed by atoms with Crippen molar-refractivity contribution in [3.63, 3.8) is 0 Å². The highest BCUT2D eigenvalue weighted by Gasteiger charge is 2.09. The summed E-state index contributed by atoms with van der Waals surface area (Å²) in [6, 6.07) is 11.2. The van der Waals surface area contributed by atoms with E-state index in [1.165, 1.54) is 13.2 Å². The first-order valence-corrected chi connectivity index (χ1v) is 9.17. The van der Waals surface area contributed by atoms with E-state index in [1.807, 2.05) is 42.5 Å². The summed E-state index contributed by atoms with van der Waals surface area (Å²) in [5.74, 6) is 1.90. The van der Waals surface area contributed by atoms with Gasteiger partial charge in [0.2, 0.25) is 6.20 Å². The number of allylic oxidation sites excluding steroid dienone is 1. The van der Waals surface area contributed by atoms with Crippen molar-refractivity contribution in [3.05, 3.63) is 82.1 Å². The molecule has 2 rings (SSSR count). The van der Waals surface area contributed by atoms with Crippen LogP contribution in [0.3, 0.4) is 0 Å². The molecule has 0 amide bonds. The maximum absolute atomic E-state index is 10.7. The van der Waals surface area contributed by atoms with Gasteiger partial charge in [0.1, 0.15) is 17.2 Å². The van der Waals surface area contributed by atoms with Crippen LogP contribution >= 0.6 is 0 Å². The van der Waals surface area contributed by atoms with Crippen molar-refractivity contribution in [2.24, 2.45) is 0 Å². The minimum atomic E-state index is -0.509. The average Bonchev–Trinajstić information content (AvgIpc) is 2.74. The molecule has 0 saturated heterocycles. The SMILES string of the molecule is C=CCCCOc1ccc(/C=C/c2cc(OC)cc(OC)c2/C=C/[N+](=O)[O-])cc1. The zero-order chi connectivity index (χ0) is 21.1. The number of methoxy groups -OCH3 is 2. The molecule has 152 valence electrons. The van der Waals surface area contributed by atoms with Crippen molar-refractivity contribution in [1.82, 2.24) is 0 Å². The highest BCUT2D eigenvalue weighted by atomic mass is 16.6. The molecule has 0 N–H and O–H groups in total. The van der Waals surface area contributed by atoms with Gasteiger partial charge in [0.05, 0.1) is 25.7 Å². The molecule has 0 bridgehead atoms. The van der Waals surface area contributed by atoms with E-state index in [4.69, 9.17) is 14.2 Å². The third-order valence-corrected chi connectivity index (χ3v) is 4.12. The minimum Gasteiger partial charge on any atom is -0.497 e. The van der Waals surface area contributed by atoms with Crippen LogP contribution in [0.15, 0.2) is 55.3 Å². The first-order valence-electron chi connectivity index (χ1n) is 9.17. The Kier molecular flexibility index (Phi) is 8.51. The van der Waals surface area contributed by atoms with Gasteiger partial charge < -0.3 is 14.2 Å². The fraction of sp³-hybridized carbons (Fsp3) is 0.217. The van der Waals surface area contributed by atoms with E-state index in [2.05, 4.69) is 6.58 Å². The molecule has 6 heteroatoms. The number of rotatable bonds is 11. The molecule has 0 aliphatic rings. The van der Waals surface area contributed by atoms with Crippen LogP contribution in [0, 0.1) is 10.1 Å². The lowest BCUT2D eigenvalue weighted by atomic mass is 10.0. The van der Waals surface area contributed by atoms with Crippen molar-refractivity contribution in [3.8, 4) is 17.2 Å². The normalized spacial score (nSPS) is 11.0. The van der Waals surface area contributed by atoms with E-state index >= 15 is 0 Å². The summed E-state index contributed by atoms with van der Waals surface area (Å²) in [4.78, 5) is 10.2. The molecular formula is C23H25NO5. The van der Waals surface area contributed by atoms with E-state index in [0.717, 1.165) is 35.9 Å². The molecule has 0 unspecified atom stereocenters. The third-order valence-electron chi connectivity index (χ3n) is 4.12. The Hall–Kier alpha value is -3.54. The van der Waals surface area contributed by atoms with Gasteiger partial charge in [-0.1, -0.05) is 30.4 Å². The lowest BCUT2D eigenvalue weighted by Crippen LogP contribution is -1.96. The second-order valence-electron chi connectivity index (χ2n) is 6.12. The van der Waals surface area contributed by atoms with E-state index in [-0.39, 0.29) is 0 Å². The molecule has 0 spiro atoms. The summed E-state index contributed by atoms with van der Waals surface area (Å²) < 4.78 is 16.4. The largest absolute Gasteiger partial charge is 0.497 e. The second-order valence-corrected chi connectivity index (χ2v) is 6.12. The Bertz CT molecular complexity index is 885. The van der Waals surface area contributed by atoms with Gasteiger partial charge >= 0.3 is 0 Å². The Labute approximate surface area is 170 Å². The Balaban J connectivity index is 2.23. The van der Waals surface area contributed by atoms with Crippen LogP contribution in [0.1, 0.15) is 29.5 Å². The number of benzene rings is 2. The number of hydrogen-bond donors (Lipinski definition) is 0. The fourth-order valence-corrected chi connectivity index (χ4v) is 2.64. The number of unbranched alkanes of at least 4 members (excludes halogenated alkanes) is 1. The zero-order valence-corrected chi connectivity index (χ0v) is 16.7. The lowest BCUT2D eigenvalue weighted by Gasteiger charge is -2.11. The Morgan fingerprint density at radius 2 is 1.79 bits per heavy atom. The molecule has 29 heavy (non-hydrogen) atoms. The van der Waals surface area contributed by atoms with Gasteiger partial charge in [0.15, 0.2) is 0 Å². The van der Waals surface area contributed by atoms with Crippen LogP contribution in [0.25, 0.3) is 18.2 Å². The van der Waals surface area contributed by atoms with Crippen LogP contribution in [0.5, 0.6) is 17.2 Å². The zero-order valence-electron chi connectivity index (χ0n) is 16.7. The highest BCUT2D eigenvalue weighted by Crippen LogP contribution is 2.31. The third kappa shape index (κ3) is 6.84. The fourth-order valence-electron chi connectivity index (χ4n) is 2.64. The van der Waals surface area contributed by atoms with E-state index in [0.29, 0.717) is 23.7 Å².